The molecule has 4 aromatic rings. The van der Waals surface area contributed by atoms with Gasteiger partial charge >= 0.3 is 0 Å². The van der Waals surface area contributed by atoms with E-state index in [4.69, 9.17) is 0 Å². The third kappa shape index (κ3) is 4.06. The van der Waals surface area contributed by atoms with E-state index in [1.807, 2.05) is 48.6 Å². The van der Waals surface area contributed by atoms with Gasteiger partial charge in [-0.2, -0.15) is 0 Å². The van der Waals surface area contributed by atoms with Crippen molar-refractivity contribution in [3.63, 3.8) is 0 Å². The molecule has 6 nitrogen and oxygen atoms in total. The van der Waals surface area contributed by atoms with E-state index in [0.29, 0.717) is 43.6 Å². The van der Waals surface area contributed by atoms with E-state index in [-0.39, 0.29) is 11.1 Å². The minimum absolute atomic E-state index is 0.0362. The zero-order chi connectivity index (χ0) is 21.1. The summed E-state index contributed by atoms with van der Waals surface area (Å²) in [5.41, 5.74) is 1.36. The molecule has 2 aromatic heterocycles. The standard InChI is InChI=1S/C22H20N4O2S2/c1-25-19(27)15-9-3-5-11-17(15)23-21(25)29-13-7-8-14-30-22-24-18-12-6-4-10-16(18)20(28)26(22)2/h3-12H,13-14H2,1-2H3/b8-7+. The second-order valence-corrected chi connectivity index (χ2v) is 8.62. The molecule has 0 aliphatic carbocycles. The van der Waals surface area contributed by atoms with Gasteiger partial charge in [-0.15, -0.1) is 0 Å². The van der Waals surface area contributed by atoms with Crippen molar-refractivity contribution in [3.05, 3.63) is 81.4 Å². The number of para-hydroxylation sites is 2. The topological polar surface area (TPSA) is 69.8 Å². The van der Waals surface area contributed by atoms with Crippen molar-refractivity contribution in [3.8, 4) is 0 Å². The van der Waals surface area contributed by atoms with Crippen molar-refractivity contribution in [1.29, 1.82) is 0 Å². The van der Waals surface area contributed by atoms with E-state index in [9.17, 15) is 9.59 Å². The predicted octanol–water partition coefficient (Wildman–Crippen LogP) is 3.62. The smallest absolute Gasteiger partial charge is 0.261 e. The molecule has 0 atom stereocenters. The maximum atomic E-state index is 12.4. The Morgan fingerprint density at radius 1 is 0.733 bits per heavy atom. The summed E-state index contributed by atoms with van der Waals surface area (Å²) in [4.78, 5) is 34.1. The molecule has 0 saturated carbocycles. The molecule has 0 radical (unpaired) electrons. The van der Waals surface area contributed by atoms with E-state index in [1.54, 1.807) is 35.4 Å². The molecule has 0 unspecified atom stereocenters. The summed E-state index contributed by atoms with van der Waals surface area (Å²) in [7, 11) is 3.49. The predicted molar refractivity (Wildman–Crippen MR) is 125 cm³/mol. The van der Waals surface area contributed by atoms with Gasteiger partial charge in [0.25, 0.3) is 11.1 Å². The van der Waals surface area contributed by atoms with E-state index < -0.39 is 0 Å². The van der Waals surface area contributed by atoms with Gasteiger partial charge in [0, 0.05) is 25.6 Å². The van der Waals surface area contributed by atoms with E-state index in [1.165, 1.54) is 23.5 Å². The highest BCUT2D eigenvalue weighted by Crippen LogP contribution is 2.19. The van der Waals surface area contributed by atoms with Crippen LogP contribution >= 0.6 is 23.5 Å². The Morgan fingerprint density at radius 2 is 1.13 bits per heavy atom. The average molecular weight is 437 g/mol. The van der Waals surface area contributed by atoms with Gasteiger partial charge in [0.05, 0.1) is 21.8 Å². The van der Waals surface area contributed by atoms with Crippen LogP contribution in [0.15, 0.2) is 80.6 Å². The zero-order valence-corrected chi connectivity index (χ0v) is 18.2. The highest BCUT2D eigenvalue weighted by Gasteiger charge is 2.08. The monoisotopic (exact) mass is 436 g/mol. The highest BCUT2D eigenvalue weighted by molar-refractivity contribution is 7.99. The fourth-order valence-corrected chi connectivity index (χ4v) is 4.68. The Morgan fingerprint density at radius 3 is 1.57 bits per heavy atom. The summed E-state index contributed by atoms with van der Waals surface area (Å²) in [5, 5.41) is 2.64. The molecule has 0 fully saturated rings. The molecule has 0 spiro atoms. The second kappa shape index (κ2) is 8.89. The number of aromatic nitrogens is 4. The van der Waals surface area contributed by atoms with Crippen molar-refractivity contribution in [2.75, 3.05) is 11.5 Å². The maximum absolute atomic E-state index is 12.4. The average Bonchev–Trinajstić information content (AvgIpc) is 2.77. The fraction of sp³-hybridized carbons (Fsp3) is 0.182. The van der Waals surface area contributed by atoms with Crippen LogP contribution in [0.5, 0.6) is 0 Å². The molecule has 0 aliphatic heterocycles. The summed E-state index contributed by atoms with van der Waals surface area (Å²) < 4.78 is 3.18. The number of fused-ring (bicyclic) bond motifs is 2. The van der Waals surface area contributed by atoms with Crippen molar-refractivity contribution >= 4 is 45.3 Å². The maximum Gasteiger partial charge on any atom is 0.261 e. The molecule has 2 heterocycles. The van der Waals surface area contributed by atoms with Gasteiger partial charge in [0.15, 0.2) is 10.3 Å². The summed E-state index contributed by atoms with van der Waals surface area (Å²) in [5.74, 6) is 1.40. The molecular weight excluding hydrogens is 416 g/mol. The minimum Gasteiger partial charge on any atom is -0.290 e. The summed E-state index contributed by atoms with van der Waals surface area (Å²) in [6, 6.07) is 14.8. The first-order valence-electron chi connectivity index (χ1n) is 9.38. The molecule has 0 saturated heterocycles. The third-order valence-corrected chi connectivity index (χ3v) is 6.63. The van der Waals surface area contributed by atoms with Crippen LogP contribution in [0.25, 0.3) is 21.8 Å². The van der Waals surface area contributed by atoms with Crippen molar-refractivity contribution < 1.29 is 0 Å². The lowest BCUT2D eigenvalue weighted by Gasteiger charge is -2.08. The quantitative estimate of drug-likeness (QED) is 0.261. The van der Waals surface area contributed by atoms with Crippen LogP contribution in [0.4, 0.5) is 0 Å². The number of thioether (sulfide) groups is 2. The van der Waals surface area contributed by atoms with E-state index >= 15 is 0 Å². The zero-order valence-electron chi connectivity index (χ0n) is 16.6. The molecule has 0 N–H and O–H groups in total. The number of benzene rings is 2. The van der Waals surface area contributed by atoms with Crippen molar-refractivity contribution in [1.82, 2.24) is 19.1 Å². The van der Waals surface area contributed by atoms with Gasteiger partial charge < -0.3 is 0 Å². The normalized spacial score (nSPS) is 11.7. The lowest BCUT2D eigenvalue weighted by Crippen LogP contribution is -2.20. The lowest BCUT2D eigenvalue weighted by atomic mass is 10.2. The summed E-state index contributed by atoms with van der Waals surface area (Å²) in [6.07, 6.45) is 4.08. The Bertz CT molecular complexity index is 1270. The van der Waals surface area contributed by atoms with Crippen LogP contribution in [0.2, 0.25) is 0 Å². The number of hydrogen-bond acceptors (Lipinski definition) is 6. The van der Waals surface area contributed by atoms with Gasteiger partial charge in [0.2, 0.25) is 0 Å². The third-order valence-electron chi connectivity index (χ3n) is 4.67. The molecule has 0 amide bonds. The Hall–Kier alpha value is -2.84. The molecule has 4 rings (SSSR count). The first kappa shape index (κ1) is 20.4. The van der Waals surface area contributed by atoms with E-state index in [2.05, 4.69) is 9.97 Å². The van der Waals surface area contributed by atoms with Crippen LogP contribution in [-0.2, 0) is 14.1 Å². The highest BCUT2D eigenvalue weighted by atomic mass is 32.2. The van der Waals surface area contributed by atoms with Crippen molar-refractivity contribution in [2.24, 2.45) is 14.1 Å². The van der Waals surface area contributed by atoms with Gasteiger partial charge in [-0.1, -0.05) is 59.9 Å². The molecule has 0 bridgehead atoms. The summed E-state index contributed by atoms with van der Waals surface area (Å²) >= 11 is 3.03. The van der Waals surface area contributed by atoms with Crippen LogP contribution in [0, 0.1) is 0 Å². The second-order valence-electron chi connectivity index (χ2n) is 6.64. The van der Waals surface area contributed by atoms with Crippen LogP contribution in [0.1, 0.15) is 0 Å². The Kier molecular flexibility index (Phi) is 6.06. The lowest BCUT2D eigenvalue weighted by molar-refractivity contribution is 0.726. The van der Waals surface area contributed by atoms with Crippen LogP contribution < -0.4 is 11.1 Å². The molecule has 152 valence electrons. The number of nitrogens with zero attached hydrogens (tertiary/aromatic N) is 4. The first-order valence-corrected chi connectivity index (χ1v) is 11.4. The molecule has 8 heteroatoms. The van der Waals surface area contributed by atoms with Crippen LogP contribution in [0.3, 0.4) is 0 Å². The molecular formula is C22H20N4O2S2. The number of hydrogen-bond donors (Lipinski definition) is 0. The van der Waals surface area contributed by atoms with Gasteiger partial charge in [-0.05, 0) is 24.3 Å². The Balaban J connectivity index is 1.40. The van der Waals surface area contributed by atoms with E-state index in [0.717, 1.165) is 0 Å². The largest absolute Gasteiger partial charge is 0.290 e. The SMILES string of the molecule is Cn1c(SC/C=C/CSc2nc3ccccc3c(=O)n2C)nc2ccccc2c1=O. The van der Waals surface area contributed by atoms with Gasteiger partial charge in [0.1, 0.15) is 0 Å². The molecule has 2 aromatic carbocycles. The fourth-order valence-electron chi connectivity index (χ4n) is 3.03. The van der Waals surface area contributed by atoms with Crippen LogP contribution in [-0.4, -0.2) is 30.6 Å². The number of rotatable bonds is 6. The molecule has 0 aliphatic rings. The van der Waals surface area contributed by atoms with Gasteiger partial charge in [-0.3, -0.25) is 18.7 Å². The molecule has 30 heavy (non-hydrogen) atoms. The Labute approximate surface area is 181 Å². The minimum atomic E-state index is -0.0362. The van der Waals surface area contributed by atoms with Gasteiger partial charge in [-0.25, -0.2) is 9.97 Å². The van der Waals surface area contributed by atoms with Crippen molar-refractivity contribution in [2.45, 2.75) is 10.3 Å². The first-order chi connectivity index (χ1) is 14.6. The summed E-state index contributed by atoms with van der Waals surface area (Å²) in [6.45, 7) is 0.